The molecule has 0 spiro atoms. The van der Waals surface area contributed by atoms with Crippen molar-refractivity contribution in [3.05, 3.63) is 59.7 Å². The van der Waals surface area contributed by atoms with E-state index >= 15 is 0 Å². The van der Waals surface area contributed by atoms with Crippen LogP contribution < -0.4 is 0 Å². The second-order valence-electron chi connectivity index (χ2n) is 5.90. The highest BCUT2D eigenvalue weighted by atomic mass is 31.0. The molecular formula is C20H32O2P2. The van der Waals surface area contributed by atoms with Gasteiger partial charge >= 0.3 is 0 Å². The van der Waals surface area contributed by atoms with Crippen molar-refractivity contribution < 1.29 is 9.05 Å². The van der Waals surface area contributed by atoms with Gasteiger partial charge in [-0.05, 0) is 36.8 Å². The van der Waals surface area contributed by atoms with E-state index in [-0.39, 0.29) is 12.2 Å². The van der Waals surface area contributed by atoms with Crippen LogP contribution in [0.4, 0.5) is 0 Å². The first-order valence-corrected chi connectivity index (χ1v) is 9.83. The minimum absolute atomic E-state index is 0.161. The monoisotopic (exact) mass is 366 g/mol. The highest BCUT2D eigenvalue weighted by molar-refractivity contribution is 7.10. The number of hydrogen-bond donors (Lipinski definition) is 0. The van der Waals surface area contributed by atoms with E-state index in [1.807, 2.05) is 0 Å². The quantitative estimate of drug-likeness (QED) is 0.317. The van der Waals surface area contributed by atoms with Crippen molar-refractivity contribution in [2.75, 3.05) is 0 Å². The topological polar surface area (TPSA) is 18.5 Å². The van der Waals surface area contributed by atoms with Crippen molar-refractivity contribution in [3.8, 4) is 0 Å². The summed E-state index contributed by atoms with van der Waals surface area (Å²) in [4.78, 5) is 0. The Bertz CT molecular complexity index is 496. The molecule has 0 heterocycles. The van der Waals surface area contributed by atoms with Gasteiger partial charge in [-0.2, -0.15) is 0 Å². The van der Waals surface area contributed by atoms with Gasteiger partial charge in [-0.15, -0.1) is 0 Å². The summed E-state index contributed by atoms with van der Waals surface area (Å²) >= 11 is 0. The maximum absolute atomic E-state index is 5.51. The zero-order valence-corrected chi connectivity index (χ0v) is 17.3. The number of benzene rings is 1. The van der Waals surface area contributed by atoms with Gasteiger partial charge in [0.25, 0.3) is 0 Å². The molecule has 0 saturated carbocycles. The van der Waals surface area contributed by atoms with E-state index < -0.39 is 0 Å². The molecule has 0 aliphatic heterocycles. The minimum atomic E-state index is 0.161. The Morgan fingerprint density at radius 3 is 2.54 bits per heavy atom. The molecule has 0 bridgehead atoms. The van der Waals surface area contributed by atoms with Gasteiger partial charge in [0.05, 0.1) is 12.2 Å². The maximum atomic E-state index is 5.51. The fraction of sp³-hybridized carbons (Fsp3) is 0.500. The standard InChI is InChI=1S/C20H32O2P2/c1-3-5-14-18(21-23)15-9-7-6-8-12-17-13-10-11-16-19(17)20(4-2)22-24/h6-7,9-11,13,15-16,18,20H,3-5,8,12,14,23-24H2,1-2H3/b7-6-,15-9+. The number of aryl methyl sites for hydroxylation is 1. The fourth-order valence-electron chi connectivity index (χ4n) is 2.68. The Morgan fingerprint density at radius 2 is 1.88 bits per heavy atom. The smallest absolute Gasteiger partial charge is 0.0860 e. The third-order valence-corrected chi connectivity index (χ3v) is 4.79. The molecule has 0 amide bonds. The Labute approximate surface area is 152 Å². The summed E-state index contributed by atoms with van der Waals surface area (Å²) in [5, 5.41) is 0. The SMILES string of the molecule is CCCCC(/C=C/C=C\CCc1ccccc1C(CC)OP)OP. The molecule has 0 aliphatic rings. The highest BCUT2D eigenvalue weighted by Gasteiger charge is 2.11. The van der Waals surface area contributed by atoms with Crippen molar-refractivity contribution in [1.29, 1.82) is 0 Å². The van der Waals surface area contributed by atoms with E-state index in [0.717, 1.165) is 25.7 Å². The summed E-state index contributed by atoms with van der Waals surface area (Å²) in [5.41, 5.74) is 2.67. The van der Waals surface area contributed by atoms with Crippen LogP contribution in [0.2, 0.25) is 0 Å². The van der Waals surface area contributed by atoms with Gasteiger partial charge in [0.2, 0.25) is 0 Å². The number of allylic oxidation sites excluding steroid dienone is 3. The van der Waals surface area contributed by atoms with E-state index in [2.05, 4.69) is 81.4 Å². The van der Waals surface area contributed by atoms with E-state index in [0.29, 0.717) is 0 Å². The fourth-order valence-corrected chi connectivity index (χ4v) is 3.25. The van der Waals surface area contributed by atoms with Gasteiger partial charge in [0, 0.05) is 18.9 Å². The Balaban J connectivity index is 2.50. The van der Waals surface area contributed by atoms with E-state index in [9.17, 15) is 0 Å². The molecule has 1 aromatic rings. The Hall–Kier alpha value is -0.520. The summed E-state index contributed by atoms with van der Waals surface area (Å²) in [7, 11) is 4.76. The van der Waals surface area contributed by atoms with Crippen LogP contribution >= 0.6 is 18.9 Å². The molecule has 0 aromatic heterocycles. The zero-order valence-electron chi connectivity index (χ0n) is 15.0. The molecule has 4 unspecified atom stereocenters. The lowest BCUT2D eigenvalue weighted by molar-refractivity contribution is 0.239. The molecule has 1 aromatic carbocycles. The Morgan fingerprint density at radius 1 is 1.08 bits per heavy atom. The van der Waals surface area contributed by atoms with Crippen molar-refractivity contribution in [2.45, 2.75) is 64.6 Å². The minimum Gasteiger partial charge on any atom is -0.358 e. The van der Waals surface area contributed by atoms with Crippen LogP contribution in [0.1, 0.15) is 63.2 Å². The van der Waals surface area contributed by atoms with Crippen molar-refractivity contribution in [2.24, 2.45) is 0 Å². The third kappa shape index (κ3) is 8.04. The van der Waals surface area contributed by atoms with Crippen molar-refractivity contribution in [1.82, 2.24) is 0 Å². The van der Waals surface area contributed by atoms with Gasteiger partial charge in [-0.3, -0.25) is 0 Å². The summed E-state index contributed by atoms with van der Waals surface area (Å²) in [6.45, 7) is 4.35. The molecule has 4 heteroatoms. The van der Waals surface area contributed by atoms with Crippen LogP contribution in [-0.4, -0.2) is 6.10 Å². The molecule has 24 heavy (non-hydrogen) atoms. The average Bonchev–Trinajstić information content (AvgIpc) is 2.62. The molecule has 0 saturated heterocycles. The van der Waals surface area contributed by atoms with Gasteiger partial charge in [0.1, 0.15) is 0 Å². The van der Waals surface area contributed by atoms with Gasteiger partial charge in [0.15, 0.2) is 0 Å². The highest BCUT2D eigenvalue weighted by Crippen LogP contribution is 2.27. The maximum Gasteiger partial charge on any atom is 0.0860 e. The van der Waals surface area contributed by atoms with Gasteiger partial charge in [-0.1, -0.05) is 75.3 Å². The molecule has 0 radical (unpaired) electrons. The molecule has 2 nitrogen and oxygen atoms in total. The van der Waals surface area contributed by atoms with Crippen LogP contribution in [0.25, 0.3) is 0 Å². The van der Waals surface area contributed by atoms with Crippen LogP contribution in [0.3, 0.4) is 0 Å². The molecule has 1 rings (SSSR count). The lowest BCUT2D eigenvalue weighted by atomic mass is 9.97. The second-order valence-corrected chi connectivity index (χ2v) is 6.44. The van der Waals surface area contributed by atoms with Crippen LogP contribution in [0, 0.1) is 0 Å². The first kappa shape index (κ1) is 21.5. The Kier molecular flexibility index (Phi) is 12.3. The predicted molar refractivity (Wildman–Crippen MR) is 111 cm³/mol. The zero-order chi connectivity index (χ0) is 17.6. The summed E-state index contributed by atoms with van der Waals surface area (Å²) in [5.74, 6) is 0. The molecule has 134 valence electrons. The van der Waals surface area contributed by atoms with Gasteiger partial charge in [-0.25, -0.2) is 0 Å². The van der Waals surface area contributed by atoms with Crippen molar-refractivity contribution in [3.63, 3.8) is 0 Å². The normalized spacial score (nSPS) is 14.5. The predicted octanol–water partition coefficient (Wildman–Crippen LogP) is 6.35. The lowest BCUT2D eigenvalue weighted by Gasteiger charge is -2.17. The molecule has 0 N–H and O–H groups in total. The molecular weight excluding hydrogens is 334 g/mol. The second kappa shape index (κ2) is 13.7. The summed E-state index contributed by atoms with van der Waals surface area (Å²) in [6, 6.07) is 8.57. The number of rotatable bonds is 12. The summed E-state index contributed by atoms with van der Waals surface area (Å²) < 4.78 is 10.9. The van der Waals surface area contributed by atoms with Crippen LogP contribution in [-0.2, 0) is 15.5 Å². The molecule has 0 fully saturated rings. The average molecular weight is 366 g/mol. The van der Waals surface area contributed by atoms with E-state index in [1.54, 1.807) is 0 Å². The van der Waals surface area contributed by atoms with Crippen LogP contribution in [0.5, 0.6) is 0 Å². The molecule has 4 atom stereocenters. The van der Waals surface area contributed by atoms with E-state index in [1.165, 1.54) is 24.0 Å². The van der Waals surface area contributed by atoms with Crippen molar-refractivity contribution >= 4 is 18.9 Å². The number of hydrogen-bond acceptors (Lipinski definition) is 2. The van der Waals surface area contributed by atoms with E-state index in [4.69, 9.17) is 9.05 Å². The van der Waals surface area contributed by atoms with Crippen LogP contribution in [0.15, 0.2) is 48.6 Å². The summed E-state index contributed by atoms with van der Waals surface area (Å²) in [6.07, 6.45) is 15.4. The molecule has 0 aliphatic carbocycles. The number of unbranched alkanes of at least 4 members (excludes halogenated alkanes) is 1. The first-order valence-electron chi connectivity index (χ1n) is 8.88. The third-order valence-electron chi connectivity index (χ3n) is 4.11. The first-order chi connectivity index (χ1) is 11.8. The lowest BCUT2D eigenvalue weighted by Crippen LogP contribution is -2.02. The van der Waals surface area contributed by atoms with Gasteiger partial charge < -0.3 is 9.05 Å². The largest absolute Gasteiger partial charge is 0.358 e.